The Morgan fingerprint density at radius 2 is 1.77 bits per heavy atom. The Morgan fingerprint density at radius 3 is 2.53 bits per heavy atom. The fourth-order valence-corrected chi connectivity index (χ4v) is 5.89. The van der Waals surface area contributed by atoms with Crippen molar-refractivity contribution in [1.29, 1.82) is 0 Å². The van der Waals surface area contributed by atoms with Gasteiger partial charge in [0, 0.05) is 17.2 Å². The van der Waals surface area contributed by atoms with Gasteiger partial charge in [0.05, 0.1) is 41.2 Å². The van der Waals surface area contributed by atoms with Crippen molar-refractivity contribution in [2.75, 3.05) is 19.8 Å². The van der Waals surface area contributed by atoms with E-state index in [4.69, 9.17) is 18.6 Å². The van der Waals surface area contributed by atoms with Crippen LogP contribution in [0.4, 0.5) is 0 Å². The van der Waals surface area contributed by atoms with Gasteiger partial charge in [0.15, 0.2) is 4.80 Å². The quantitative estimate of drug-likeness (QED) is 0.235. The first-order chi connectivity index (χ1) is 20.9. The van der Waals surface area contributed by atoms with E-state index in [-0.39, 0.29) is 24.3 Å². The molecule has 2 aromatic heterocycles. The van der Waals surface area contributed by atoms with Crippen LogP contribution in [-0.4, -0.2) is 36.3 Å². The number of hydrogen-bond donors (Lipinski definition) is 0. The van der Waals surface area contributed by atoms with Gasteiger partial charge in [0.2, 0.25) is 0 Å². The smallest absolute Gasteiger partial charge is 0.338 e. The fraction of sp³-hybridized carbons (Fsp3) is 0.273. The molecule has 10 heteroatoms. The van der Waals surface area contributed by atoms with Gasteiger partial charge in [-0.05, 0) is 57.5 Å². The number of thiazole rings is 1. The maximum atomic E-state index is 14.0. The molecule has 0 amide bonds. The molecule has 5 rings (SSSR count). The van der Waals surface area contributed by atoms with Gasteiger partial charge >= 0.3 is 11.9 Å². The maximum absolute atomic E-state index is 14.0. The summed E-state index contributed by atoms with van der Waals surface area (Å²) >= 11 is 1.21. The van der Waals surface area contributed by atoms with Crippen LogP contribution in [-0.2, 0) is 14.3 Å². The summed E-state index contributed by atoms with van der Waals surface area (Å²) in [5, 5.41) is 0. The van der Waals surface area contributed by atoms with E-state index in [1.807, 2.05) is 37.3 Å². The van der Waals surface area contributed by atoms with Crippen molar-refractivity contribution in [2.45, 2.75) is 40.2 Å². The van der Waals surface area contributed by atoms with E-state index in [0.29, 0.717) is 55.6 Å². The highest BCUT2D eigenvalue weighted by molar-refractivity contribution is 7.07. The van der Waals surface area contributed by atoms with Gasteiger partial charge in [-0.1, -0.05) is 48.6 Å². The lowest BCUT2D eigenvalue weighted by atomic mass is 9.95. The molecule has 0 aliphatic carbocycles. The molecule has 2 aromatic carbocycles. The zero-order valence-electron chi connectivity index (χ0n) is 24.4. The molecule has 0 radical (unpaired) electrons. The molecule has 222 valence electrons. The second-order valence-corrected chi connectivity index (χ2v) is 10.7. The molecule has 1 aliphatic rings. The zero-order valence-corrected chi connectivity index (χ0v) is 25.2. The number of nitrogens with zero attached hydrogens (tertiary/aromatic N) is 2. The van der Waals surface area contributed by atoms with Crippen LogP contribution in [0.15, 0.2) is 86.1 Å². The number of benzene rings is 2. The first-order valence-corrected chi connectivity index (χ1v) is 15.0. The Bertz CT molecular complexity index is 1880. The fourth-order valence-electron chi connectivity index (χ4n) is 4.86. The monoisotopic (exact) mass is 600 g/mol. The molecular formula is C33H32N2O7S. The molecule has 1 aliphatic heterocycles. The number of fused-ring (bicyclic) bond motifs is 1. The number of carbonyl (C=O) groups excluding carboxylic acids is 2. The van der Waals surface area contributed by atoms with Gasteiger partial charge < -0.3 is 18.6 Å². The number of aromatic nitrogens is 1. The van der Waals surface area contributed by atoms with Crippen LogP contribution in [0.5, 0.6) is 5.75 Å². The van der Waals surface area contributed by atoms with Crippen LogP contribution in [0.25, 0.3) is 17.4 Å². The van der Waals surface area contributed by atoms with Gasteiger partial charge in [-0.3, -0.25) is 9.36 Å². The number of para-hydroxylation sites is 1. The van der Waals surface area contributed by atoms with E-state index in [1.165, 1.54) is 15.9 Å². The van der Waals surface area contributed by atoms with E-state index in [9.17, 15) is 14.4 Å². The molecule has 0 bridgehead atoms. The molecule has 0 unspecified atom stereocenters. The largest absolute Gasteiger partial charge is 0.493 e. The number of allylic oxidation sites excluding steroid dienone is 1. The van der Waals surface area contributed by atoms with Crippen molar-refractivity contribution >= 4 is 29.4 Å². The number of hydrogen-bond acceptors (Lipinski definition) is 9. The van der Waals surface area contributed by atoms with Gasteiger partial charge in [-0.15, -0.1) is 0 Å². The number of esters is 2. The molecule has 0 fully saturated rings. The highest BCUT2D eigenvalue weighted by Gasteiger charge is 2.35. The predicted octanol–water partition coefficient (Wildman–Crippen LogP) is 5.02. The van der Waals surface area contributed by atoms with E-state index in [2.05, 4.69) is 4.99 Å². The average molecular weight is 601 g/mol. The summed E-state index contributed by atoms with van der Waals surface area (Å²) in [7, 11) is 0. The molecule has 4 aromatic rings. The number of ether oxygens (including phenoxy) is 3. The van der Waals surface area contributed by atoms with E-state index >= 15 is 0 Å². The first-order valence-electron chi connectivity index (χ1n) is 14.1. The Kier molecular flexibility index (Phi) is 9.06. The minimum atomic E-state index is -0.789. The van der Waals surface area contributed by atoms with Crippen LogP contribution >= 0.6 is 11.3 Å². The summed E-state index contributed by atoms with van der Waals surface area (Å²) in [5.74, 6) is 0.623. The summed E-state index contributed by atoms with van der Waals surface area (Å²) in [6.07, 6.45) is 2.46. The van der Waals surface area contributed by atoms with Gasteiger partial charge in [0.25, 0.3) is 5.56 Å². The Balaban J connectivity index is 1.60. The Hall–Kier alpha value is -4.70. The summed E-state index contributed by atoms with van der Waals surface area (Å²) in [5.41, 5.74) is 2.23. The van der Waals surface area contributed by atoms with Crippen molar-refractivity contribution in [3.8, 4) is 17.1 Å². The summed E-state index contributed by atoms with van der Waals surface area (Å²) in [6, 6.07) is 17.1. The molecule has 3 heterocycles. The van der Waals surface area contributed by atoms with Crippen LogP contribution in [0.1, 0.15) is 61.8 Å². The molecule has 0 saturated heterocycles. The molecule has 1 atom stereocenters. The predicted molar refractivity (Wildman–Crippen MR) is 163 cm³/mol. The minimum Gasteiger partial charge on any atom is -0.493 e. The third-order valence-corrected chi connectivity index (χ3v) is 7.73. The third kappa shape index (κ3) is 6.10. The lowest BCUT2D eigenvalue weighted by Gasteiger charge is -2.26. The first kappa shape index (κ1) is 29.8. The topological polar surface area (TPSA) is 109 Å². The molecule has 0 saturated carbocycles. The maximum Gasteiger partial charge on any atom is 0.338 e. The lowest BCUT2D eigenvalue weighted by Crippen LogP contribution is -2.40. The van der Waals surface area contributed by atoms with Crippen LogP contribution in [0, 0.1) is 0 Å². The van der Waals surface area contributed by atoms with Gasteiger partial charge in [-0.2, -0.15) is 0 Å². The van der Waals surface area contributed by atoms with E-state index in [0.717, 1.165) is 6.42 Å². The summed E-state index contributed by atoms with van der Waals surface area (Å²) in [6.45, 7) is 8.20. The van der Waals surface area contributed by atoms with Crippen molar-refractivity contribution in [3.05, 3.63) is 109 Å². The van der Waals surface area contributed by atoms with E-state index < -0.39 is 18.0 Å². The SMILES string of the molecule is CCCOc1ccccc1[C@@H]1C(C(=O)OCC)=C(C)N=c2s/c(=C/c3ccc(-c4cccc(C(=O)OCC)c4)o3)c(=O)n21. The van der Waals surface area contributed by atoms with E-state index in [1.54, 1.807) is 57.2 Å². The Labute approximate surface area is 252 Å². The van der Waals surface area contributed by atoms with Crippen molar-refractivity contribution < 1.29 is 28.2 Å². The van der Waals surface area contributed by atoms with Crippen LogP contribution in [0.3, 0.4) is 0 Å². The second kappa shape index (κ2) is 13.1. The van der Waals surface area contributed by atoms with Gasteiger partial charge in [0.1, 0.15) is 23.3 Å². The van der Waals surface area contributed by atoms with Crippen LogP contribution < -0.4 is 19.6 Å². The van der Waals surface area contributed by atoms with Crippen molar-refractivity contribution in [3.63, 3.8) is 0 Å². The van der Waals surface area contributed by atoms with Gasteiger partial charge in [-0.25, -0.2) is 14.6 Å². The zero-order chi connectivity index (χ0) is 30.5. The molecule has 43 heavy (non-hydrogen) atoms. The molecule has 9 nitrogen and oxygen atoms in total. The molecule has 0 spiro atoms. The molecule has 0 N–H and O–H groups in total. The average Bonchev–Trinajstić information content (AvgIpc) is 3.60. The van der Waals surface area contributed by atoms with Crippen molar-refractivity contribution in [2.24, 2.45) is 4.99 Å². The highest BCUT2D eigenvalue weighted by Crippen LogP contribution is 2.36. The lowest BCUT2D eigenvalue weighted by molar-refractivity contribution is -0.139. The second-order valence-electron chi connectivity index (χ2n) is 9.69. The standard InChI is InChI=1S/C33H32N2O7S/c1-5-17-41-26-14-9-8-13-24(26)29-28(32(38)40-7-3)20(4)34-33-35(29)30(36)27(43-33)19-23-15-16-25(42-23)21-11-10-12-22(18-21)31(37)39-6-2/h8-16,18-19,29H,5-7,17H2,1-4H3/b27-19+/t29-/m1/s1. The number of carbonyl (C=O) groups is 2. The third-order valence-electron chi connectivity index (χ3n) is 6.75. The summed E-state index contributed by atoms with van der Waals surface area (Å²) < 4.78 is 24.5. The summed E-state index contributed by atoms with van der Waals surface area (Å²) in [4.78, 5) is 44.5. The number of furan rings is 1. The Morgan fingerprint density at radius 1 is 1.00 bits per heavy atom. The molecular weight excluding hydrogens is 568 g/mol. The van der Waals surface area contributed by atoms with Crippen LogP contribution in [0.2, 0.25) is 0 Å². The minimum absolute atomic E-state index is 0.185. The normalized spacial score (nSPS) is 14.7. The highest BCUT2D eigenvalue weighted by atomic mass is 32.1. The number of rotatable bonds is 10. The van der Waals surface area contributed by atoms with Crippen molar-refractivity contribution in [1.82, 2.24) is 4.57 Å².